The Labute approximate surface area is 289 Å². The number of hydrogen-bond acceptors (Lipinski definition) is 8. The molecule has 0 spiro atoms. The number of imide groups is 1. The first kappa shape index (κ1) is 32.8. The maximum absolute atomic E-state index is 14.1. The summed E-state index contributed by atoms with van der Waals surface area (Å²) in [6, 6.07) is 26.3. The van der Waals surface area contributed by atoms with Crippen molar-refractivity contribution in [1.29, 1.82) is 0 Å². The molecule has 3 heterocycles. The molecule has 49 heavy (non-hydrogen) atoms. The number of benzene rings is 3. The molecule has 0 bridgehead atoms. The molecule has 0 unspecified atom stereocenters. The number of aromatic hydroxyl groups is 1. The van der Waals surface area contributed by atoms with Gasteiger partial charge < -0.3 is 24.6 Å². The predicted molar refractivity (Wildman–Crippen MR) is 187 cm³/mol. The van der Waals surface area contributed by atoms with Crippen LogP contribution in [0.3, 0.4) is 0 Å². The first-order valence-corrected chi connectivity index (χ1v) is 16.6. The highest BCUT2D eigenvalue weighted by atomic mass is 35.5. The Balaban J connectivity index is 1.21. The van der Waals surface area contributed by atoms with E-state index in [1.165, 1.54) is 23.1 Å². The third-order valence-corrected chi connectivity index (χ3v) is 9.90. The largest absolute Gasteiger partial charge is 0.508 e. The van der Waals surface area contributed by atoms with E-state index in [1.54, 1.807) is 30.5 Å². The molecular formula is C38H34BClN2O7. The molecule has 248 valence electrons. The standard InChI is InChI=1S/C38H34BClN2O7/c40-32-20-28(43)14-12-23(32)17-24(33-11-4-5-16-41-33)13-15-34-35-25(21-48-29-9-2-1-3-10-29)18-30-36(31(35)22-49-34)38(45)42(37(30)44)27-8-6-7-26(19-27)39(46)47/h1-12,14,16-17,19-20,30-31,34,36,43,46-47H,13,15,18,21-22H2/b24-17-/t30-,31+,34-,36-/m1/s1. The van der Waals surface area contributed by atoms with Gasteiger partial charge in [0.2, 0.25) is 11.8 Å². The van der Waals surface area contributed by atoms with Gasteiger partial charge in [-0.25, -0.2) is 0 Å². The Kier molecular flexibility index (Phi) is 9.38. The monoisotopic (exact) mass is 676 g/mol. The van der Waals surface area contributed by atoms with Crippen LogP contribution >= 0.6 is 11.6 Å². The minimum absolute atomic E-state index is 0.0805. The Morgan fingerprint density at radius 1 is 0.980 bits per heavy atom. The van der Waals surface area contributed by atoms with Gasteiger partial charge in [0.05, 0.1) is 41.0 Å². The van der Waals surface area contributed by atoms with Crippen LogP contribution < -0.4 is 15.1 Å². The fourth-order valence-electron chi connectivity index (χ4n) is 7.31. The summed E-state index contributed by atoms with van der Waals surface area (Å²) in [5.41, 5.74) is 4.92. The van der Waals surface area contributed by atoms with E-state index in [0.717, 1.165) is 28.0 Å². The first-order chi connectivity index (χ1) is 23.8. The number of hydrogen-bond donors (Lipinski definition) is 3. The fraction of sp³-hybridized carbons (Fsp3) is 0.237. The van der Waals surface area contributed by atoms with Crippen molar-refractivity contribution in [3.63, 3.8) is 0 Å². The van der Waals surface area contributed by atoms with Crippen LogP contribution in [0.25, 0.3) is 11.6 Å². The van der Waals surface area contributed by atoms with E-state index in [4.69, 9.17) is 21.1 Å². The molecule has 0 saturated carbocycles. The Morgan fingerprint density at radius 2 is 1.80 bits per heavy atom. The molecule has 2 fully saturated rings. The van der Waals surface area contributed by atoms with Crippen LogP contribution in [-0.4, -0.2) is 58.4 Å². The maximum Gasteiger partial charge on any atom is 0.488 e. The van der Waals surface area contributed by atoms with Crippen molar-refractivity contribution >= 4 is 53.3 Å². The summed E-state index contributed by atoms with van der Waals surface area (Å²) >= 11 is 6.48. The van der Waals surface area contributed by atoms with Crippen molar-refractivity contribution in [2.24, 2.45) is 17.8 Å². The van der Waals surface area contributed by atoms with Crippen LogP contribution in [0.15, 0.2) is 108 Å². The zero-order valence-electron chi connectivity index (χ0n) is 26.5. The van der Waals surface area contributed by atoms with Crippen molar-refractivity contribution in [2.75, 3.05) is 18.1 Å². The van der Waals surface area contributed by atoms with E-state index in [-0.39, 0.29) is 48.3 Å². The van der Waals surface area contributed by atoms with Gasteiger partial charge in [0.25, 0.3) is 0 Å². The number of fused-ring (bicyclic) bond motifs is 3. The van der Waals surface area contributed by atoms with Gasteiger partial charge in [-0.15, -0.1) is 0 Å². The second kappa shape index (κ2) is 14.0. The van der Waals surface area contributed by atoms with Gasteiger partial charge >= 0.3 is 7.12 Å². The first-order valence-electron chi connectivity index (χ1n) is 16.2. The topological polar surface area (TPSA) is 129 Å². The SMILES string of the molecule is O=C1[C@@H]2[C@@H](CC(COc3ccccc3)=C3[C@@H](CC/C(=C/c4ccc(O)cc4Cl)c4ccccn4)OC[C@@H]32)C(=O)N1c1cccc(B(O)O)c1. The number of amides is 2. The summed E-state index contributed by atoms with van der Waals surface area (Å²) in [7, 11) is -1.73. The predicted octanol–water partition coefficient (Wildman–Crippen LogP) is 5.04. The van der Waals surface area contributed by atoms with Crippen LogP contribution in [-0.2, 0) is 14.3 Å². The van der Waals surface area contributed by atoms with E-state index >= 15 is 0 Å². The zero-order chi connectivity index (χ0) is 34.1. The van der Waals surface area contributed by atoms with Gasteiger partial charge in [0.15, 0.2) is 0 Å². The highest BCUT2D eigenvalue weighted by Gasteiger charge is 2.57. The molecule has 2 aliphatic heterocycles. The Hall–Kier alpha value is -4.74. The number of anilines is 1. The molecule has 4 aromatic rings. The molecule has 11 heteroatoms. The van der Waals surface area contributed by atoms with Crippen LogP contribution in [0.2, 0.25) is 5.02 Å². The molecule has 3 aliphatic rings. The number of aromatic nitrogens is 1. The smallest absolute Gasteiger partial charge is 0.488 e. The summed E-state index contributed by atoms with van der Waals surface area (Å²) in [5.74, 6) is -1.38. The minimum atomic E-state index is -1.73. The molecular weight excluding hydrogens is 643 g/mol. The van der Waals surface area contributed by atoms with Crippen LogP contribution in [0.1, 0.15) is 30.5 Å². The number of carbonyl (C=O) groups is 2. The van der Waals surface area contributed by atoms with E-state index < -0.39 is 19.0 Å². The number of para-hydroxylation sites is 1. The third kappa shape index (κ3) is 6.65. The lowest BCUT2D eigenvalue weighted by atomic mass is 9.69. The number of carbonyl (C=O) groups excluding carboxylic acids is 2. The molecule has 4 atom stereocenters. The number of pyridine rings is 1. The molecule has 1 aliphatic carbocycles. The summed E-state index contributed by atoms with van der Waals surface area (Å²) in [6.45, 7) is 0.531. The molecule has 2 saturated heterocycles. The normalized spacial score (nSPS) is 21.9. The summed E-state index contributed by atoms with van der Waals surface area (Å²) in [4.78, 5) is 33.8. The van der Waals surface area contributed by atoms with Gasteiger partial charge in [0, 0.05) is 12.1 Å². The highest BCUT2D eigenvalue weighted by Crippen LogP contribution is 2.50. The van der Waals surface area contributed by atoms with Gasteiger partial charge in [-0.2, -0.15) is 0 Å². The van der Waals surface area contributed by atoms with Crippen molar-refractivity contribution in [3.05, 3.63) is 125 Å². The number of phenolic OH excluding ortho intramolecular Hbond substituents is 1. The minimum Gasteiger partial charge on any atom is -0.508 e. The lowest BCUT2D eigenvalue weighted by Crippen LogP contribution is -2.36. The lowest BCUT2D eigenvalue weighted by Gasteiger charge is -2.31. The van der Waals surface area contributed by atoms with Crippen LogP contribution in [0, 0.1) is 17.8 Å². The van der Waals surface area contributed by atoms with Gasteiger partial charge in [-0.05, 0) is 108 Å². The number of ether oxygens (including phenoxy) is 2. The molecule has 9 nitrogen and oxygen atoms in total. The molecule has 1 aromatic heterocycles. The fourth-order valence-corrected chi connectivity index (χ4v) is 7.54. The van der Waals surface area contributed by atoms with Crippen molar-refractivity contribution in [3.8, 4) is 11.5 Å². The average molecular weight is 677 g/mol. The van der Waals surface area contributed by atoms with Gasteiger partial charge in [0.1, 0.15) is 18.1 Å². The van der Waals surface area contributed by atoms with Crippen molar-refractivity contribution in [2.45, 2.75) is 25.4 Å². The number of nitrogens with zero attached hydrogens (tertiary/aromatic N) is 2. The zero-order valence-corrected chi connectivity index (χ0v) is 27.2. The molecule has 0 radical (unpaired) electrons. The van der Waals surface area contributed by atoms with Crippen LogP contribution in [0.5, 0.6) is 11.5 Å². The van der Waals surface area contributed by atoms with E-state index in [1.807, 2.05) is 54.6 Å². The quantitative estimate of drug-likeness (QED) is 0.121. The molecule has 2 amide bonds. The number of halogens is 1. The Morgan fingerprint density at radius 3 is 2.55 bits per heavy atom. The van der Waals surface area contributed by atoms with Gasteiger partial charge in [-0.3, -0.25) is 19.5 Å². The molecule has 7 rings (SSSR count). The number of phenols is 1. The van der Waals surface area contributed by atoms with Gasteiger partial charge in [-0.1, -0.05) is 48.0 Å². The molecule has 3 N–H and O–H groups in total. The Bertz CT molecular complexity index is 1940. The number of rotatable bonds is 10. The van der Waals surface area contributed by atoms with Crippen molar-refractivity contribution < 1.29 is 34.2 Å². The van der Waals surface area contributed by atoms with E-state index in [0.29, 0.717) is 35.7 Å². The lowest BCUT2D eigenvalue weighted by molar-refractivity contribution is -0.122. The second-order valence-electron chi connectivity index (χ2n) is 12.5. The maximum atomic E-state index is 14.1. The second-order valence-corrected chi connectivity index (χ2v) is 12.9. The summed E-state index contributed by atoms with van der Waals surface area (Å²) < 4.78 is 12.7. The van der Waals surface area contributed by atoms with Crippen LogP contribution in [0.4, 0.5) is 5.69 Å². The summed E-state index contributed by atoms with van der Waals surface area (Å²) in [6.07, 6.45) is 4.88. The number of allylic oxidation sites excluding steroid dienone is 1. The average Bonchev–Trinajstić information content (AvgIpc) is 3.65. The van der Waals surface area contributed by atoms with E-state index in [9.17, 15) is 24.7 Å². The third-order valence-electron chi connectivity index (χ3n) is 9.57. The van der Waals surface area contributed by atoms with E-state index in [2.05, 4.69) is 4.98 Å². The van der Waals surface area contributed by atoms with Crippen molar-refractivity contribution in [1.82, 2.24) is 4.98 Å². The molecule has 3 aromatic carbocycles. The summed E-state index contributed by atoms with van der Waals surface area (Å²) in [5, 5.41) is 29.8. The highest BCUT2D eigenvalue weighted by molar-refractivity contribution is 6.58.